The topological polar surface area (TPSA) is 50.2 Å². The third-order valence-corrected chi connectivity index (χ3v) is 5.50. The zero-order valence-electron chi connectivity index (χ0n) is 14.5. The average molecular weight is 344 g/mol. The van der Waals surface area contributed by atoms with E-state index in [0.29, 0.717) is 6.54 Å². The molecule has 1 aliphatic rings. The van der Waals surface area contributed by atoms with Gasteiger partial charge in [-0.25, -0.2) is 4.98 Å². The molecule has 1 amide bonds. The summed E-state index contributed by atoms with van der Waals surface area (Å²) < 4.78 is 2.02. The highest BCUT2D eigenvalue weighted by Crippen LogP contribution is 2.20. The van der Waals surface area contributed by atoms with Crippen molar-refractivity contribution in [1.82, 2.24) is 19.8 Å². The molecule has 0 spiro atoms. The predicted molar refractivity (Wildman–Crippen MR) is 96.9 cm³/mol. The lowest BCUT2D eigenvalue weighted by atomic mass is 9.99. The Morgan fingerprint density at radius 1 is 1.38 bits per heavy atom. The molecule has 0 saturated heterocycles. The van der Waals surface area contributed by atoms with Crippen LogP contribution in [0.5, 0.6) is 0 Å². The Bertz CT molecular complexity index is 728. The number of thioether (sulfide) groups is 1. The van der Waals surface area contributed by atoms with E-state index >= 15 is 0 Å². The predicted octanol–water partition coefficient (Wildman–Crippen LogP) is 2.21. The van der Waals surface area contributed by atoms with Gasteiger partial charge in [0.2, 0.25) is 5.91 Å². The monoisotopic (exact) mass is 344 g/mol. The van der Waals surface area contributed by atoms with E-state index in [0.717, 1.165) is 30.4 Å². The van der Waals surface area contributed by atoms with Crippen LogP contribution in [0.15, 0.2) is 35.6 Å². The number of imidazole rings is 1. The summed E-state index contributed by atoms with van der Waals surface area (Å²) in [6.45, 7) is 4.26. The standard InChI is InChI=1S/C18H24N4OS/c1-13(22-9-8-14-6-4-5-7-15(14)12-22)17(23)19-10-16-11-20-18(24-3)21(16)2/h4-7,11,13H,8-10,12H2,1-3H3,(H,19,23)/t13-/m0/s1. The van der Waals surface area contributed by atoms with Crippen LogP contribution in [0.25, 0.3) is 0 Å². The summed E-state index contributed by atoms with van der Waals surface area (Å²) in [5.74, 6) is 0.0706. The molecule has 3 rings (SSSR count). The van der Waals surface area contributed by atoms with Crippen LogP contribution in [-0.4, -0.2) is 39.2 Å². The van der Waals surface area contributed by atoms with Gasteiger partial charge < -0.3 is 9.88 Å². The minimum Gasteiger partial charge on any atom is -0.349 e. The summed E-state index contributed by atoms with van der Waals surface area (Å²) in [5, 5.41) is 4.01. The molecule has 1 aromatic carbocycles. The summed E-state index contributed by atoms with van der Waals surface area (Å²) >= 11 is 1.60. The fraction of sp³-hybridized carbons (Fsp3) is 0.444. The van der Waals surface area contributed by atoms with Crippen LogP contribution in [0.2, 0.25) is 0 Å². The number of nitrogens with one attached hydrogen (secondary N) is 1. The second-order valence-corrected chi connectivity index (χ2v) is 6.95. The van der Waals surface area contributed by atoms with Gasteiger partial charge in [-0.1, -0.05) is 36.0 Å². The van der Waals surface area contributed by atoms with Crippen molar-refractivity contribution < 1.29 is 4.79 Å². The van der Waals surface area contributed by atoms with Crippen molar-refractivity contribution in [2.45, 2.75) is 37.6 Å². The van der Waals surface area contributed by atoms with E-state index in [4.69, 9.17) is 0 Å². The molecule has 6 heteroatoms. The Morgan fingerprint density at radius 3 is 2.83 bits per heavy atom. The zero-order chi connectivity index (χ0) is 17.1. The Morgan fingerprint density at radius 2 is 2.12 bits per heavy atom. The van der Waals surface area contributed by atoms with Crippen LogP contribution < -0.4 is 5.32 Å². The van der Waals surface area contributed by atoms with Gasteiger partial charge in [-0.15, -0.1) is 0 Å². The van der Waals surface area contributed by atoms with E-state index in [9.17, 15) is 4.79 Å². The molecule has 0 saturated carbocycles. The largest absolute Gasteiger partial charge is 0.349 e. The highest BCUT2D eigenvalue weighted by Gasteiger charge is 2.25. The molecule has 1 aliphatic heterocycles. The van der Waals surface area contributed by atoms with Gasteiger partial charge >= 0.3 is 0 Å². The molecule has 1 atom stereocenters. The van der Waals surface area contributed by atoms with Gasteiger partial charge in [0, 0.05) is 20.1 Å². The number of aromatic nitrogens is 2. The number of fused-ring (bicyclic) bond motifs is 1. The van der Waals surface area contributed by atoms with Crippen molar-refractivity contribution >= 4 is 17.7 Å². The number of nitrogens with zero attached hydrogens (tertiary/aromatic N) is 3. The van der Waals surface area contributed by atoms with Crippen molar-refractivity contribution in [1.29, 1.82) is 0 Å². The Hall–Kier alpha value is -1.79. The lowest BCUT2D eigenvalue weighted by molar-refractivity contribution is -0.126. The van der Waals surface area contributed by atoms with Crippen molar-refractivity contribution in [2.24, 2.45) is 7.05 Å². The Labute approximate surface area is 147 Å². The van der Waals surface area contributed by atoms with Gasteiger partial charge in [-0.3, -0.25) is 9.69 Å². The van der Waals surface area contributed by atoms with Crippen molar-refractivity contribution in [2.75, 3.05) is 12.8 Å². The number of carbonyl (C=O) groups excluding carboxylic acids is 1. The number of rotatable bonds is 5. The van der Waals surface area contributed by atoms with E-state index < -0.39 is 0 Å². The van der Waals surface area contributed by atoms with E-state index in [1.54, 1.807) is 11.8 Å². The lowest BCUT2D eigenvalue weighted by Gasteiger charge is -2.32. The van der Waals surface area contributed by atoms with E-state index in [1.807, 2.05) is 31.0 Å². The van der Waals surface area contributed by atoms with Crippen LogP contribution in [0, 0.1) is 0 Å². The SMILES string of the molecule is CSc1ncc(CNC(=O)[C@H](C)N2CCc3ccccc3C2)n1C. The molecule has 0 fully saturated rings. The highest BCUT2D eigenvalue weighted by atomic mass is 32.2. The van der Waals surface area contributed by atoms with Gasteiger partial charge in [-0.05, 0) is 30.7 Å². The molecule has 5 nitrogen and oxygen atoms in total. The maximum Gasteiger partial charge on any atom is 0.237 e. The maximum absolute atomic E-state index is 12.5. The van der Waals surface area contributed by atoms with Crippen molar-refractivity contribution in [3.8, 4) is 0 Å². The maximum atomic E-state index is 12.5. The molecule has 0 aliphatic carbocycles. The fourth-order valence-corrected chi connectivity index (χ4v) is 3.67. The molecule has 0 unspecified atom stereocenters. The molecule has 128 valence electrons. The first-order valence-electron chi connectivity index (χ1n) is 8.23. The summed E-state index contributed by atoms with van der Waals surface area (Å²) in [6.07, 6.45) is 4.83. The number of hydrogen-bond donors (Lipinski definition) is 1. The molecular formula is C18H24N4OS. The smallest absolute Gasteiger partial charge is 0.237 e. The number of amides is 1. The molecule has 24 heavy (non-hydrogen) atoms. The van der Waals surface area contributed by atoms with E-state index in [2.05, 4.69) is 39.5 Å². The first kappa shape index (κ1) is 17.0. The van der Waals surface area contributed by atoms with Crippen LogP contribution in [0.1, 0.15) is 23.7 Å². The number of benzene rings is 1. The van der Waals surface area contributed by atoms with Gasteiger partial charge in [-0.2, -0.15) is 0 Å². The Kier molecular flexibility index (Phi) is 5.26. The van der Waals surface area contributed by atoms with Gasteiger partial charge in [0.25, 0.3) is 0 Å². The molecule has 1 aromatic heterocycles. The lowest BCUT2D eigenvalue weighted by Crippen LogP contribution is -2.46. The molecule has 2 heterocycles. The van der Waals surface area contributed by atoms with Crippen LogP contribution in [0.4, 0.5) is 0 Å². The first-order chi connectivity index (χ1) is 11.6. The van der Waals surface area contributed by atoms with E-state index in [-0.39, 0.29) is 11.9 Å². The summed E-state index contributed by atoms with van der Waals surface area (Å²) in [7, 11) is 1.98. The third kappa shape index (κ3) is 3.49. The van der Waals surface area contributed by atoms with Crippen molar-refractivity contribution in [3.05, 3.63) is 47.3 Å². The van der Waals surface area contributed by atoms with Gasteiger partial charge in [0.05, 0.1) is 24.5 Å². The minimum absolute atomic E-state index is 0.0706. The number of carbonyl (C=O) groups is 1. The van der Waals surface area contributed by atoms with Gasteiger partial charge in [0.1, 0.15) is 0 Å². The van der Waals surface area contributed by atoms with Crippen LogP contribution in [-0.2, 0) is 31.4 Å². The summed E-state index contributed by atoms with van der Waals surface area (Å²) in [6, 6.07) is 8.36. The second kappa shape index (κ2) is 7.40. The molecular weight excluding hydrogens is 320 g/mol. The molecule has 0 radical (unpaired) electrons. The van der Waals surface area contributed by atoms with Crippen LogP contribution >= 0.6 is 11.8 Å². The minimum atomic E-state index is -0.133. The Balaban J connectivity index is 1.58. The quantitative estimate of drug-likeness (QED) is 0.845. The number of hydrogen-bond acceptors (Lipinski definition) is 4. The molecule has 1 N–H and O–H groups in total. The second-order valence-electron chi connectivity index (χ2n) is 6.18. The summed E-state index contributed by atoms with van der Waals surface area (Å²) in [4.78, 5) is 19.1. The van der Waals surface area contributed by atoms with Crippen molar-refractivity contribution in [3.63, 3.8) is 0 Å². The van der Waals surface area contributed by atoms with Gasteiger partial charge in [0.15, 0.2) is 5.16 Å². The first-order valence-corrected chi connectivity index (χ1v) is 9.45. The summed E-state index contributed by atoms with van der Waals surface area (Å²) in [5.41, 5.74) is 3.75. The van der Waals surface area contributed by atoms with Crippen LogP contribution in [0.3, 0.4) is 0 Å². The normalized spacial score (nSPS) is 15.8. The highest BCUT2D eigenvalue weighted by molar-refractivity contribution is 7.98. The zero-order valence-corrected chi connectivity index (χ0v) is 15.3. The molecule has 0 bridgehead atoms. The third-order valence-electron chi connectivity index (χ3n) is 4.76. The fourth-order valence-electron chi connectivity index (χ4n) is 3.12. The molecule has 2 aromatic rings. The average Bonchev–Trinajstić information content (AvgIpc) is 2.98. The van der Waals surface area contributed by atoms with E-state index in [1.165, 1.54) is 11.1 Å².